The average molecular weight is 395 g/mol. The summed E-state index contributed by atoms with van der Waals surface area (Å²) in [5.74, 6) is 0.806. The lowest BCUT2D eigenvalue weighted by Gasteiger charge is -2.11. The molecule has 4 rings (SSSR count). The number of fused-ring (bicyclic) bond motifs is 1. The maximum absolute atomic E-state index is 12.7. The number of rotatable bonds is 5. The van der Waals surface area contributed by atoms with Gasteiger partial charge in [0.15, 0.2) is 5.58 Å². The molecule has 142 valence electrons. The van der Waals surface area contributed by atoms with Gasteiger partial charge in [0.25, 0.3) is 0 Å². The van der Waals surface area contributed by atoms with Crippen LogP contribution in [0, 0.1) is 6.92 Å². The first-order valence-electron chi connectivity index (χ1n) is 8.51. The van der Waals surface area contributed by atoms with Gasteiger partial charge in [-0.15, -0.1) is 0 Å². The van der Waals surface area contributed by atoms with Crippen molar-refractivity contribution in [2.45, 2.75) is 11.8 Å². The maximum Gasteiger partial charge on any atom is 0.342 e. The van der Waals surface area contributed by atoms with Gasteiger partial charge in [0.1, 0.15) is 21.9 Å². The number of hydrogen-bond acceptors (Lipinski definition) is 6. The summed E-state index contributed by atoms with van der Waals surface area (Å²) in [6, 6.07) is 19.0. The Hall–Kier alpha value is -3.32. The molecule has 0 unspecified atom stereocenters. The SMILES string of the molecule is COc1ccc(C)cc1S(=O)(=O)Oc1ccc2nc(-c3ccccc3)oc2c1. The molecule has 0 aliphatic carbocycles. The Morgan fingerprint density at radius 3 is 2.50 bits per heavy atom. The first kappa shape index (κ1) is 18.1. The zero-order chi connectivity index (χ0) is 19.7. The monoisotopic (exact) mass is 395 g/mol. The summed E-state index contributed by atoms with van der Waals surface area (Å²) < 4.78 is 41.7. The molecule has 0 bridgehead atoms. The van der Waals surface area contributed by atoms with Crippen LogP contribution >= 0.6 is 0 Å². The van der Waals surface area contributed by atoms with Crippen LogP contribution in [-0.4, -0.2) is 20.5 Å². The highest BCUT2D eigenvalue weighted by Gasteiger charge is 2.22. The first-order valence-corrected chi connectivity index (χ1v) is 9.92. The summed E-state index contributed by atoms with van der Waals surface area (Å²) in [6.07, 6.45) is 0. The van der Waals surface area contributed by atoms with E-state index >= 15 is 0 Å². The molecule has 0 aliphatic heterocycles. The van der Waals surface area contributed by atoms with Gasteiger partial charge < -0.3 is 13.3 Å². The van der Waals surface area contributed by atoms with Crippen molar-refractivity contribution in [2.24, 2.45) is 0 Å². The van der Waals surface area contributed by atoms with Crippen molar-refractivity contribution >= 4 is 21.2 Å². The molecule has 0 spiro atoms. The summed E-state index contributed by atoms with van der Waals surface area (Å²) in [4.78, 5) is 4.40. The molecule has 7 heteroatoms. The Balaban J connectivity index is 1.69. The minimum atomic E-state index is -4.08. The molecular weight excluding hydrogens is 378 g/mol. The highest BCUT2D eigenvalue weighted by atomic mass is 32.2. The predicted molar refractivity (Wildman–Crippen MR) is 105 cm³/mol. The van der Waals surface area contributed by atoms with E-state index in [0.29, 0.717) is 17.0 Å². The van der Waals surface area contributed by atoms with E-state index in [-0.39, 0.29) is 16.4 Å². The summed E-state index contributed by atoms with van der Waals surface area (Å²) in [6.45, 7) is 1.80. The molecule has 1 aromatic heterocycles. The third-order valence-corrected chi connectivity index (χ3v) is 5.44. The Morgan fingerprint density at radius 1 is 0.964 bits per heavy atom. The van der Waals surface area contributed by atoms with Crippen LogP contribution in [0.3, 0.4) is 0 Å². The molecule has 0 aliphatic rings. The summed E-state index contributed by atoms with van der Waals surface area (Å²) >= 11 is 0. The smallest absolute Gasteiger partial charge is 0.342 e. The fourth-order valence-electron chi connectivity index (χ4n) is 2.81. The van der Waals surface area contributed by atoms with Crippen LogP contribution in [0.2, 0.25) is 0 Å². The van der Waals surface area contributed by atoms with Crippen LogP contribution in [0.25, 0.3) is 22.6 Å². The Bertz CT molecular complexity index is 1250. The Labute approximate surface area is 162 Å². The second kappa shape index (κ2) is 7.01. The first-order chi connectivity index (χ1) is 13.5. The molecule has 0 N–H and O–H groups in total. The molecule has 6 nitrogen and oxygen atoms in total. The average Bonchev–Trinajstić information content (AvgIpc) is 3.12. The van der Waals surface area contributed by atoms with Crippen molar-refractivity contribution in [3.05, 3.63) is 72.3 Å². The molecule has 0 fully saturated rings. The van der Waals surface area contributed by atoms with E-state index < -0.39 is 10.1 Å². The van der Waals surface area contributed by atoms with Crippen molar-refractivity contribution in [3.63, 3.8) is 0 Å². The van der Waals surface area contributed by atoms with Crippen molar-refractivity contribution < 1.29 is 21.8 Å². The third kappa shape index (κ3) is 3.44. The van der Waals surface area contributed by atoms with Crippen LogP contribution in [0.4, 0.5) is 0 Å². The number of aromatic nitrogens is 1. The van der Waals surface area contributed by atoms with Crippen LogP contribution in [-0.2, 0) is 10.1 Å². The molecule has 0 amide bonds. The van der Waals surface area contributed by atoms with E-state index in [1.54, 1.807) is 31.2 Å². The predicted octanol–water partition coefficient (Wildman–Crippen LogP) is 4.58. The van der Waals surface area contributed by atoms with E-state index in [1.165, 1.54) is 19.2 Å². The topological polar surface area (TPSA) is 78.6 Å². The van der Waals surface area contributed by atoms with E-state index in [1.807, 2.05) is 30.3 Å². The van der Waals surface area contributed by atoms with Gasteiger partial charge in [-0.25, -0.2) is 4.98 Å². The largest absolute Gasteiger partial charge is 0.495 e. The van der Waals surface area contributed by atoms with Gasteiger partial charge in [-0.05, 0) is 48.9 Å². The van der Waals surface area contributed by atoms with Gasteiger partial charge in [-0.2, -0.15) is 8.42 Å². The van der Waals surface area contributed by atoms with Crippen molar-refractivity contribution in [1.82, 2.24) is 4.98 Å². The van der Waals surface area contributed by atoms with Gasteiger partial charge in [0, 0.05) is 11.6 Å². The summed E-state index contributed by atoms with van der Waals surface area (Å²) in [5, 5.41) is 0. The van der Waals surface area contributed by atoms with Gasteiger partial charge in [0.2, 0.25) is 5.89 Å². The third-order valence-electron chi connectivity index (χ3n) is 4.18. The number of aryl methyl sites for hydroxylation is 1. The van der Waals surface area contributed by atoms with E-state index in [0.717, 1.165) is 11.1 Å². The minimum absolute atomic E-state index is 0.0300. The molecule has 0 atom stereocenters. The van der Waals surface area contributed by atoms with Crippen molar-refractivity contribution in [1.29, 1.82) is 0 Å². The molecule has 1 heterocycles. The lowest BCUT2D eigenvalue weighted by Crippen LogP contribution is -2.11. The van der Waals surface area contributed by atoms with Gasteiger partial charge in [0.05, 0.1) is 7.11 Å². The molecule has 28 heavy (non-hydrogen) atoms. The molecular formula is C21H17NO5S. The van der Waals surface area contributed by atoms with E-state index in [9.17, 15) is 8.42 Å². The minimum Gasteiger partial charge on any atom is -0.495 e. The quantitative estimate of drug-likeness (QED) is 0.460. The lowest BCUT2D eigenvalue weighted by atomic mass is 10.2. The van der Waals surface area contributed by atoms with Gasteiger partial charge in [-0.1, -0.05) is 24.3 Å². The fraction of sp³-hybridized carbons (Fsp3) is 0.0952. The van der Waals surface area contributed by atoms with Crippen molar-refractivity contribution in [2.75, 3.05) is 7.11 Å². The second-order valence-corrected chi connectivity index (χ2v) is 7.72. The Kier molecular flexibility index (Phi) is 4.52. The molecule has 0 saturated carbocycles. The van der Waals surface area contributed by atoms with Gasteiger partial charge >= 0.3 is 10.1 Å². The van der Waals surface area contributed by atoms with E-state index in [4.69, 9.17) is 13.3 Å². The lowest BCUT2D eigenvalue weighted by molar-refractivity contribution is 0.398. The van der Waals surface area contributed by atoms with Crippen molar-refractivity contribution in [3.8, 4) is 23.0 Å². The number of oxazole rings is 1. The highest BCUT2D eigenvalue weighted by Crippen LogP contribution is 2.31. The van der Waals surface area contributed by atoms with Crippen LogP contribution in [0.5, 0.6) is 11.5 Å². The fourth-order valence-corrected chi connectivity index (χ4v) is 3.99. The number of ether oxygens (including phenoxy) is 1. The molecule has 3 aromatic carbocycles. The Morgan fingerprint density at radius 2 is 1.75 bits per heavy atom. The number of methoxy groups -OCH3 is 1. The van der Waals surface area contributed by atoms with Crippen LogP contribution in [0.15, 0.2) is 76.0 Å². The number of hydrogen-bond donors (Lipinski definition) is 0. The number of nitrogens with zero attached hydrogens (tertiary/aromatic N) is 1. The molecule has 4 aromatic rings. The zero-order valence-corrected chi connectivity index (χ0v) is 16.1. The summed E-state index contributed by atoms with van der Waals surface area (Å²) in [7, 11) is -2.67. The molecule has 0 radical (unpaired) electrons. The van der Waals surface area contributed by atoms with Gasteiger partial charge in [-0.3, -0.25) is 0 Å². The van der Waals surface area contributed by atoms with Crippen LogP contribution < -0.4 is 8.92 Å². The van der Waals surface area contributed by atoms with E-state index in [2.05, 4.69) is 4.98 Å². The highest BCUT2D eigenvalue weighted by molar-refractivity contribution is 7.87. The van der Waals surface area contributed by atoms with Crippen LogP contribution in [0.1, 0.15) is 5.56 Å². The maximum atomic E-state index is 12.7. The number of benzene rings is 3. The standard InChI is InChI=1S/C21H17NO5S/c1-14-8-11-18(25-2)20(12-14)28(23,24)27-16-9-10-17-19(13-16)26-21(22-17)15-6-4-3-5-7-15/h3-13H,1-2H3. The second-order valence-electron chi connectivity index (χ2n) is 6.21. The summed E-state index contributed by atoms with van der Waals surface area (Å²) in [5.41, 5.74) is 2.65. The molecule has 0 saturated heterocycles. The normalized spacial score (nSPS) is 11.5. The zero-order valence-electron chi connectivity index (χ0n) is 15.2.